The Bertz CT molecular complexity index is 1240. The first-order valence-corrected chi connectivity index (χ1v) is 10.9. The van der Waals surface area contributed by atoms with Gasteiger partial charge in [-0.3, -0.25) is 4.79 Å². The molecule has 0 saturated carbocycles. The third kappa shape index (κ3) is 4.42. The van der Waals surface area contributed by atoms with Gasteiger partial charge in [-0.15, -0.1) is 0 Å². The standard InChI is InChI=1S/C25H31NO6/c1-7-8-9-19(23(28)29)26-20(27)11-16-13(2)15-10-17-18(25(4,5)6)12-31-21(17)14(3)22(15)32-24(16)30/h10,12,19H,7-9,11H2,1-6H3,(H,26,27)(H,28,29). The minimum atomic E-state index is -1.08. The van der Waals surface area contributed by atoms with Gasteiger partial charge in [-0.05, 0) is 37.3 Å². The lowest BCUT2D eigenvalue weighted by Crippen LogP contribution is -2.42. The van der Waals surface area contributed by atoms with E-state index in [1.54, 1.807) is 13.2 Å². The van der Waals surface area contributed by atoms with Crippen LogP contribution in [0.1, 0.15) is 69.2 Å². The van der Waals surface area contributed by atoms with E-state index < -0.39 is 23.5 Å². The summed E-state index contributed by atoms with van der Waals surface area (Å²) in [5, 5.41) is 13.6. The van der Waals surface area contributed by atoms with Gasteiger partial charge in [0.05, 0.1) is 18.2 Å². The van der Waals surface area contributed by atoms with Crippen LogP contribution in [0.5, 0.6) is 0 Å². The van der Waals surface area contributed by atoms with E-state index in [4.69, 9.17) is 8.83 Å². The Kier molecular flexibility index (Phi) is 6.49. The highest BCUT2D eigenvalue weighted by Crippen LogP contribution is 2.37. The lowest BCUT2D eigenvalue weighted by atomic mass is 9.86. The maximum Gasteiger partial charge on any atom is 0.340 e. The van der Waals surface area contributed by atoms with Gasteiger partial charge in [0.25, 0.3) is 0 Å². The smallest absolute Gasteiger partial charge is 0.340 e. The van der Waals surface area contributed by atoms with Crippen molar-refractivity contribution in [1.82, 2.24) is 5.32 Å². The molecule has 0 aliphatic heterocycles. The fourth-order valence-electron chi connectivity index (χ4n) is 4.05. The van der Waals surface area contributed by atoms with Crippen LogP contribution >= 0.6 is 0 Å². The van der Waals surface area contributed by atoms with Crippen molar-refractivity contribution < 1.29 is 23.5 Å². The Labute approximate surface area is 186 Å². The van der Waals surface area contributed by atoms with Gasteiger partial charge in [0, 0.05) is 21.9 Å². The van der Waals surface area contributed by atoms with Gasteiger partial charge in [0.1, 0.15) is 17.2 Å². The fourth-order valence-corrected chi connectivity index (χ4v) is 4.05. The Hall–Kier alpha value is -3.09. The summed E-state index contributed by atoms with van der Waals surface area (Å²) in [6.45, 7) is 11.9. The van der Waals surface area contributed by atoms with Gasteiger partial charge in [0.2, 0.25) is 5.91 Å². The molecule has 3 aromatic rings. The second-order valence-corrected chi connectivity index (χ2v) is 9.42. The largest absolute Gasteiger partial charge is 0.480 e. The number of carboxylic acids is 1. The lowest BCUT2D eigenvalue weighted by Gasteiger charge is -2.17. The van der Waals surface area contributed by atoms with Crippen molar-refractivity contribution in [3.63, 3.8) is 0 Å². The van der Waals surface area contributed by atoms with Crippen molar-refractivity contribution in [3.05, 3.63) is 45.0 Å². The monoisotopic (exact) mass is 441 g/mol. The summed E-state index contributed by atoms with van der Waals surface area (Å²) in [5.74, 6) is -1.60. The second-order valence-electron chi connectivity index (χ2n) is 9.42. The maximum absolute atomic E-state index is 12.7. The predicted octanol–water partition coefficient (Wildman–Crippen LogP) is 4.76. The van der Waals surface area contributed by atoms with E-state index in [0.29, 0.717) is 29.6 Å². The summed E-state index contributed by atoms with van der Waals surface area (Å²) in [6, 6.07) is 0.973. The zero-order valence-electron chi connectivity index (χ0n) is 19.5. The van der Waals surface area contributed by atoms with Crippen LogP contribution in [0.2, 0.25) is 0 Å². The molecule has 0 aliphatic rings. The number of rotatable bonds is 7. The highest BCUT2D eigenvalue weighted by Gasteiger charge is 2.25. The van der Waals surface area contributed by atoms with E-state index >= 15 is 0 Å². The number of nitrogens with one attached hydrogen (secondary N) is 1. The molecule has 2 N–H and O–H groups in total. The molecular formula is C25H31NO6. The molecule has 0 radical (unpaired) electrons. The van der Waals surface area contributed by atoms with Crippen LogP contribution < -0.4 is 10.9 Å². The highest BCUT2D eigenvalue weighted by molar-refractivity contribution is 6.00. The van der Waals surface area contributed by atoms with E-state index in [-0.39, 0.29) is 17.4 Å². The summed E-state index contributed by atoms with van der Waals surface area (Å²) in [7, 11) is 0. The summed E-state index contributed by atoms with van der Waals surface area (Å²) in [6.07, 6.45) is 3.35. The minimum absolute atomic E-state index is 0.137. The average molecular weight is 442 g/mol. The molecule has 1 atom stereocenters. The van der Waals surface area contributed by atoms with Gasteiger partial charge in [-0.25, -0.2) is 9.59 Å². The number of hydrogen-bond acceptors (Lipinski definition) is 5. The third-order valence-electron chi connectivity index (χ3n) is 5.97. The first kappa shape index (κ1) is 23.6. The summed E-state index contributed by atoms with van der Waals surface area (Å²) in [5.41, 5.74) is 3.03. The molecule has 3 rings (SSSR count). The van der Waals surface area contributed by atoms with E-state index in [1.807, 2.05) is 19.9 Å². The number of furan rings is 1. The molecule has 0 fully saturated rings. The quantitative estimate of drug-likeness (QED) is 0.512. The zero-order chi connectivity index (χ0) is 23.8. The molecule has 7 nitrogen and oxygen atoms in total. The van der Waals surface area contributed by atoms with Gasteiger partial charge < -0.3 is 19.3 Å². The topological polar surface area (TPSA) is 110 Å². The van der Waals surface area contributed by atoms with Crippen molar-refractivity contribution in [2.75, 3.05) is 0 Å². The number of carbonyl (C=O) groups excluding carboxylic acids is 1. The molecule has 32 heavy (non-hydrogen) atoms. The Morgan fingerprint density at radius 1 is 1.12 bits per heavy atom. The molecule has 1 unspecified atom stereocenters. The molecular weight excluding hydrogens is 410 g/mol. The number of hydrogen-bond donors (Lipinski definition) is 2. The number of carboxylic acid groups (broad SMARTS) is 1. The highest BCUT2D eigenvalue weighted by atomic mass is 16.4. The SMILES string of the molecule is CCCCC(NC(=O)Cc1c(C)c2cc3c(C(C)(C)C)coc3c(C)c2oc1=O)C(=O)O. The number of amides is 1. The van der Waals surface area contributed by atoms with Crippen molar-refractivity contribution in [2.45, 2.75) is 78.7 Å². The normalized spacial score (nSPS) is 12.9. The van der Waals surface area contributed by atoms with Crippen molar-refractivity contribution in [3.8, 4) is 0 Å². The van der Waals surface area contributed by atoms with E-state index in [1.165, 1.54) is 0 Å². The molecule has 2 heterocycles. The van der Waals surface area contributed by atoms with Crippen LogP contribution in [0.4, 0.5) is 0 Å². The minimum Gasteiger partial charge on any atom is -0.480 e. The van der Waals surface area contributed by atoms with Crippen molar-refractivity contribution in [1.29, 1.82) is 0 Å². The lowest BCUT2D eigenvalue weighted by molar-refractivity contribution is -0.142. The molecule has 0 saturated heterocycles. The first-order valence-electron chi connectivity index (χ1n) is 10.9. The van der Waals surface area contributed by atoms with Crippen LogP contribution in [-0.2, 0) is 21.4 Å². The number of unbranched alkanes of at least 4 members (excludes halogenated alkanes) is 1. The van der Waals surface area contributed by atoms with E-state index in [0.717, 1.165) is 28.3 Å². The summed E-state index contributed by atoms with van der Waals surface area (Å²) < 4.78 is 11.4. The number of aryl methyl sites for hydroxylation is 2. The number of benzene rings is 1. The molecule has 1 aromatic carbocycles. The molecule has 0 spiro atoms. The Morgan fingerprint density at radius 2 is 1.81 bits per heavy atom. The van der Waals surface area contributed by atoms with Crippen molar-refractivity contribution >= 4 is 33.8 Å². The fraction of sp³-hybridized carbons (Fsp3) is 0.480. The van der Waals surface area contributed by atoms with E-state index in [9.17, 15) is 19.5 Å². The molecule has 0 aliphatic carbocycles. The van der Waals surface area contributed by atoms with Gasteiger partial charge in [-0.1, -0.05) is 40.5 Å². The Balaban J connectivity index is 2.05. The second kappa shape index (κ2) is 8.81. The van der Waals surface area contributed by atoms with Gasteiger partial charge >= 0.3 is 11.6 Å². The van der Waals surface area contributed by atoms with Gasteiger partial charge in [0.15, 0.2) is 0 Å². The molecule has 1 amide bonds. The van der Waals surface area contributed by atoms with Crippen LogP contribution in [0.3, 0.4) is 0 Å². The van der Waals surface area contributed by atoms with Crippen LogP contribution in [-0.4, -0.2) is 23.0 Å². The molecule has 2 aromatic heterocycles. The number of aliphatic carboxylic acids is 1. The van der Waals surface area contributed by atoms with E-state index in [2.05, 4.69) is 26.1 Å². The summed E-state index contributed by atoms with van der Waals surface area (Å²) >= 11 is 0. The third-order valence-corrected chi connectivity index (χ3v) is 5.97. The predicted molar refractivity (Wildman–Crippen MR) is 123 cm³/mol. The Morgan fingerprint density at radius 3 is 2.41 bits per heavy atom. The van der Waals surface area contributed by atoms with Crippen LogP contribution in [0.15, 0.2) is 26.0 Å². The average Bonchev–Trinajstić information content (AvgIpc) is 3.14. The molecule has 172 valence electrons. The molecule has 7 heteroatoms. The summed E-state index contributed by atoms with van der Waals surface area (Å²) in [4.78, 5) is 36.8. The van der Waals surface area contributed by atoms with Crippen molar-refractivity contribution in [2.24, 2.45) is 0 Å². The van der Waals surface area contributed by atoms with Gasteiger partial charge in [-0.2, -0.15) is 0 Å². The van der Waals surface area contributed by atoms with Crippen LogP contribution in [0.25, 0.3) is 21.9 Å². The maximum atomic E-state index is 12.7. The number of fused-ring (bicyclic) bond motifs is 2. The van der Waals surface area contributed by atoms with Crippen LogP contribution in [0, 0.1) is 13.8 Å². The molecule has 0 bridgehead atoms. The number of carbonyl (C=O) groups is 2. The first-order chi connectivity index (χ1) is 15.0. The zero-order valence-corrected chi connectivity index (χ0v) is 19.5.